The van der Waals surface area contributed by atoms with E-state index in [9.17, 15) is 13.2 Å². The van der Waals surface area contributed by atoms with E-state index in [2.05, 4.69) is 5.32 Å². The van der Waals surface area contributed by atoms with Crippen molar-refractivity contribution in [2.75, 3.05) is 5.32 Å². The number of nitrogens with one attached hydrogen (secondary N) is 1. The predicted octanol–water partition coefficient (Wildman–Crippen LogP) is 4.93. The smallest absolute Gasteiger partial charge is 0.164 e. The van der Waals surface area contributed by atoms with Gasteiger partial charge in [-0.2, -0.15) is 0 Å². The lowest BCUT2D eigenvalue weighted by molar-refractivity contribution is 0.494. The van der Waals surface area contributed by atoms with Crippen LogP contribution in [0.4, 0.5) is 18.9 Å². The highest BCUT2D eigenvalue weighted by Gasteiger charge is 2.16. The summed E-state index contributed by atoms with van der Waals surface area (Å²) in [5, 5.41) is 2.93. The van der Waals surface area contributed by atoms with Gasteiger partial charge >= 0.3 is 0 Å². The topological polar surface area (TPSA) is 12.0 Å². The number of benzene rings is 2. The standard InChI is InChI=1S/C14H11ClF3N/c1-8(9-4-2-6-11(16)13(9)18)19-14-10(15)5-3-7-12(14)17/h2-8,19H,1H3. The summed E-state index contributed by atoms with van der Waals surface area (Å²) in [5.74, 6) is -2.43. The Morgan fingerprint density at radius 3 is 2.32 bits per heavy atom. The van der Waals surface area contributed by atoms with Gasteiger partial charge in [-0.15, -0.1) is 0 Å². The van der Waals surface area contributed by atoms with Gasteiger partial charge in [0, 0.05) is 5.56 Å². The van der Waals surface area contributed by atoms with Crippen LogP contribution in [0, 0.1) is 17.5 Å². The Labute approximate surface area is 114 Å². The van der Waals surface area contributed by atoms with Crippen LogP contribution >= 0.6 is 11.6 Å². The van der Waals surface area contributed by atoms with Crippen molar-refractivity contribution in [1.29, 1.82) is 0 Å². The largest absolute Gasteiger partial charge is 0.375 e. The first-order valence-electron chi connectivity index (χ1n) is 5.65. The molecule has 0 fully saturated rings. The summed E-state index contributed by atoms with van der Waals surface area (Å²) in [6, 6.07) is 7.47. The first-order valence-corrected chi connectivity index (χ1v) is 6.03. The van der Waals surface area contributed by atoms with Crippen molar-refractivity contribution in [3.63, 3.8) is 0 Å². The van der Waals surface area contributed by atoms with Gasteiger partial charge in [0.2, 0.25) is 0 Å². The van der Waals surface area contributed by atoms with Gasteiger partial charge in [-0.1, -0.05) is 29.8 Å². The van der Waals surface area contributed by atoms with Gasteiger partial charge in [0.05, 0.1) is 16.8 Å². The van der Waals surface area contributed by atoms with E-state index < -0.39 is 23.5 Å². The third-order valence-electron chi connectivity index (χ3n) is 2.77. The van der Waals surface area contributed by atoms with Gasteiger partial charge in [-0.3, -0.25) is 0 Å². The lowest BCUT2D eigenvalue weighted by Crippen LogP contribution is -2.11. The lowest BCUT2D eigenvalue weighted by atomic mass is 10.1. The van der Waals surface area contributed by atoms with E-state index in [1.807, 2.05) is 0 Å². The van der Waals surface area contributed by atoms with E-state index in [4.69, 9.17) is 11.6 Å². The van der Waals surface area contributed by atoms with E-state index in [-0.39, 0.29) is 16.3 Å². The average Bonchev–Trinajstić information content (AvgIpc) is 2.37. The number of para-hydroxylation sites is 1. The Balaban J connectivity index is 2.31. The van der Waals surface area contributed by atoms with Crippen molar-refractivity contribution in [3.8, 4) is 0 Å². The lowest BCUT2D eigenvalue weighted by Gasteiger charge is -2.18. The van der Waals surface area contributed by atoms with Crippen LogP contribution in [0.1, 0.15) is 18.5 Å². The summed E-state index contributed by atoms with van der Waals surface area (Å²) in [4.78, 5) is 0. The second-order valence-electron chi connectivity index (χ2n) is 4.11. The monoisotopic (exact) mass is 285 g/mol. The Morgan fingerprint density at radius 2 is 1.63 bits per heavy atom. The van der Waals surface area contributed by atoms with Crippen LogP contribution in [0.3, 0.4) is 0 Å². The highest BCUT2D eigenvalue weighted by molar-refractivity contribution is 6.33. The summed E-state index contributed by atoms with van der Waals surface area (Å²) in [5.41, 5.74) is 0.180. The van der Waals surface area contributed by atoms with Crippen molar-refractivity contribution in [2.24, 2.45) is 0 Å². The zero-order valence-electron chi connectivity index (χ0n) is 10.1. The van der Waals surface area contributed by atoms with Crippen LogP contribution in [-0.4, -0.2) is 0 Å². The molecule has 0 aliphatic heterocycles. The molecule has 2 aromatic carbocycles. The minimum atomic E-state index is -0.949. The van der Waals surface area contributed by atoms with Crippen molar-refractivity contribution in [3.05, 3.63) is 64.4 Å². The average molecular weight is 286 g/mol. The molecule has 5 heteroatoms. The third-order valence-corrected chi connectivity index (χ3v) is 3.09. The Morgan fingerprint density at radius 1 is 1.00 bits per heavy atom. The van der Waals surface area contributed by atoms with Crippen LogP contribution in [0.5, 0.6) is 0 Å². The number of rotatable bonds is 3. The number of hydrogen-bond acceptors (Lipinski definition) is 1. The summed E-state index contributed by atoms with van der Waals surface area (Å²) < 4.78 is 40.3. The molecule has 0 saturated carbocycles. The molecule has 0 bridgehead atoms. The Hall–Kier alpha value is -1.68. The molecule has 0 aliphatic rings. The van der Waals surface area contributed by atoms with Gasteiger partial charge < -0.3 is 5.32 Å². The van der Waals surface area contributed by atoms with E-state index in [1.54, 1.807) is 6.92 Å². The third kappa shape index (κ3) is 2.84. The maximum Gasteiger partial charge on any atom is 0.164 e. The normalized spacial score (nSPS) is 12.3. The van der Waals surface area contributed by atoms with Crippen molar-refractivity contribution in [2.45, 2.75) is 13.0 Å². The fourth-order valence-electron chi connectivity index (χ4n) is 1.78. The molecule has 19 heavy (non-hydrogen) atoms. The molecular formula is C14H11ClF3N. The molecular weight excluding hydrogens is 275 g/mol. The van der Waals surface area contributed by atoms with E-state index in [0.717, 1.165) is 6.07 Å². The molecule has 0 spiro atoms. The molecule has 0 aromatic heterocycles. The summed E-state index contributed by atoms with van der Waals surface area (Å²) >= 11 is 5.86. The van der Waals surface area contributed by atoms with Gasteiger partial charge in [0.15, 0.2) is 11.6 Å². The zero-order valence-corrected chi connectivity index (χ0v) is 10.8. The van der Waals surface area contributed by atoms with Crippen LogP contribution < -0.4 is 5.32 Å². The quantitative estimate of drug-likeness (QED) is 0.843. The summed E-state index contributed by atoms with van der Waals surface area (Å²) in [7, 11) is 0. The van der Waals surface area contributed by atoms with Crippen LogP contribution in [0.15, 0.2) is 36.4 Å². The molecule has 1 N–H and O–H groups in total. The highest BCUT2D eigenvalue weighted by Crippen LogP contribution is 2.29. The number of hydrogen-bond donors (Lipinski definition) is 1. The Kier molecular flexibility index (Phi) is 4.00. The maximum absolute atomic E-state index is 13.6. The van der Waals surface area contributed by atoms with Crippen LogP contribution in [0.2, 0.25) is 5.02 Å². The van der Waals surface area contributed by atoms with Crippen LogP contribution in [0.25, 0.3) is 0 Å². The molecule has 100 valence electrons. The molecule has 0 heterocycles. The van der Waals surface area contributed by atoms with Gasteiger partial charge in [-0.25, -0.2) is 13.2 Å². The molecule has 1 unspecified atom stereocenters. The first kappa shape index (κ1) is 13.7. The van der Waals surface area contributed by atoms with Crippen molar-refractivity contribution >= 4 is 17.3 Å². The maximum atomic E-state index is 13.6. The summed E-state index contributed by atoms with van der Waals surface area (Å²) in [6.07, 6.45) is 0. The number of halogens is 4. The zero-order chi connectivity index (χ0) is 14.0. The molecule has 0 saturated heterocycles. The predicted molar refractivity (Wildman–Crippen MR) is 69.8 cm³/mol. The minimum Gasteiger partial charge on any atom is -0.375 e. The van der Waals surface area contributed by atoms with E-state index in [0.29, 0.717) is 0 Å². The highest BCUT2D eigenvalue weighted by atomic mass is 35.5. The van der Waals surface area contributed by atoms with Crippen LogP contribution in [-0.2, 0) is 0 Å². The molecule has 0 radical (unpaired) electrons. The second kappa shape index (κ2) is 5.53. The molecule has 2 rings (SSSR count). The second-order valence-corrected chi connectivity index (χ2v) is 4.51. The number of anilines is 1. The molecule has 1 atom stereocenters. The van der Waals surface area contributed by atoms with Gasteiger partial charge in [-0.05, 0) is 25.1 Å². The molecule has 0 amide bonds. The summed E-state index contributed by atoms with van der Waals surface area (Å²) in [6.45, 7) is 1.60. The van der Waals surface area contributed by atoms with Crippen molar-refractivity contribution < 1.29 is 13.2 Å². The fraction of sp³-hybridized carbons (Fsp3) is 0.143. The van der Waals surface area contributed by atoms with Gasteiger partial charge in [0.25, 0.3) is 0 Å². The van der Waals surface area contributed by atoms with E-state index in [1.165, 1.54) is 30.3 Å². The fourth-order valence-corrected chi connectivity index (χ4v) is 2.00. The molecule has 1 nitrogen and oxygen atoms in total. The SMILES string of the molecule is CC(Nc1c(F)cccc1Cl)c1cccc(F)c1F. The molecule has 2 aromatic rings. The van der Waals surface area contributed by atoms with E-state index >= 15 is 0 Å². The minimum absolute atomic E-state index is 0.0697. The van der Waals surface area contributed by atoms with Crippen molar-refractivity contribution in [1.82, 2.24) is 0 Å². The van der Waals surface area contributed by atoms with Gasteiger partial charge in [0.1, 0.15) is 5.82 Å². The first-order chi connectivity index (χ1) is 9.00. The molecule has 0 aliphatic carbocycles. The Bertz CT molecular complexity index is 581.